The van der Waals surface area contributed by atoms with E-state index in [4.69, 9.17) is 5.84 Å². The summed E-state index contributed by atoms with van der Waals surface area (Å²) >= 11 is 2.11. The lowest BCUT2D eigenvalue weighted by Crippen LogP contribution is -2.37. The topological polar surface area (TPSA) is 38.0 Å². The van der Waals surface area contributed by atoms with Crippen LogP contribution in [0.15, 0.2) is 0 Å². The van der Waals surface area contributed by atoms with E-state index in [0.717, 1.165) is 5.92 Å². The molecule has 1 heterocycles. The average molecular weight is 258 g/mol. The van der Waals surface area contributed by atoms with Crippen molar-refractivity contribution in [3.63, 3.8) is 0 Å². The molecule has 1 aliphatic rings. The first-order chi connectivity index (χ1) is 8.36. The molecule has 1 unspecified atom stereocenters. The number of nitrogens with one attached hydrogen (secondary N) is 1. The maximum atomic E-state index is 5.68. The third kappa shape index (κ3) is 7.32. The molecule has 0 radical (unpaired) electrons. The molecule has 0 aliphatic carbocycles. The Morgan fingerprint density at radius 3 is 2.53 bits per heavy atom. The molecule has 102 valence electrons. The van der Waals surface area contributed by atoms with E-state index < -0.39 is 0 Å². The third-order valence-corrected chi connectivity index (χ3v) is 4.90. The van der Waals surface area contributed by atoms with Crippen LogP contribution in [0.4, 0.5) is 0 Å². The summed E-state index contributed by atoms with van der Waals surface area (Å²) in [5.41, 5.74) is 3.03. The highest BCUT2D eigenvalue weighted by Crippen LogP contribution is 2.27. The Bertz CT molecular complexity index is 170. The normalized spacial score (nSPS) is 19.4. The first-order valence-corrected chi connectivity index (χ1v) is 8.56. The highest BCUT2D eigenvalue weighted by Gasteiger charge is 2.18. The summed E-state index contributed by atoms with van der Waals surface area (Å²) < 4.78 is 0. The van der Waals surface area contributed by atoms with Crippen molar-refractivity contribution in [3.8, 4) is 0 Å². The summed E-state index contributed by atoms with van der Waals surface area (Å²) in [7, 11) is 0. The van der Waals surface area contributed by atoms with Gasteiger partial charge in [-0.15, -0.1) is 0 Å². The van der Waals surface area contributed by atoms with E-state index in [1.54, 1.807) is 0 Å². The van der Waals surface area contributed by atoms with Gasteiger partial charge in [-0.1, -0.05) is 39.0 Å². The van der Waals surface area contributed by atoms with Gasteiger partial charge in [0.25, 0.3) is 0 Å². The minimum atomic E-state index is 0.560. The second kappa shape index (κ2) is 10.2. The van der Waals surface area contributed by atoms with Crippen molar-refractivity contribution in [2.75, 3.05) is 11.5 Å². The second-order valence-electron chi connectivity index (χ2n) is 5.36. The molecule has 17 heavy (non-hydrogen) atoms. The van der Waals surface area contributed by atoms with Crippen molar-refractivity contribution in [2.45, 2.75) is 70.8 Å². The molecule has 0 bridgehead atoms. The summed E-state index contributed by atoms with van der Waals surface area (Å²) in [5, 5.41) is 0. The van der Waals surface area contributed by atoms with Gasteiger partial charge in [0.15, 0.2) is 0 Å². The number of hydrazine groups is 1. The largest absolute Gasteiger partial charge is 0.271 e. The van der Waals surface area contributed by atoms with Crippen molar-refractivity contribution in [1.82, 2.24) is 5.43 Å². The molecule has 3 N–H and O–H groups in total. The van der Waals surface area contributed by atoms with Crippen LogP contribution < -0.4 is 11.3 Å². The average Bonchev–Trinajstić information content (AvgIpc) is 2.38. The van der Waals surface area contributed by atoms with Gasteiger partial charge in [0, 0.05) is 6.04 Å². The molecule has 0 aromatic carbocycles. The first kappa shape index (κ1) is 15.3. The Morgan fingerprint density at radius 1 is 1.18 bits per heavy atom. The van der Waals surface area contributed by atoms with Gasteiger partial charge in [-0.2, -0.15) is 11.8 Å². The van der Waals surface area contributed by atoms with Gasteiger partial charge >= 0.3 is 0 Å². The predicted molar refractivity (Wildman–Crippen MR) is 79.2 cm³/mol. The van der Waals surface area contributed by atoms with Crippen LogP contribution in [0, 0.1) is 5.92 Å². The van der Waals surface area contributed by atoms with E-state index in [9.17, 15) is 0 Å². The number of hydrogen-bond donors (Lipinski definition) is 2. The van der Waals surface area contributed by atoms with Crippen molar-refractivity contribution >= 4 is 11.8 Å². The van der Waals surface area contributed by atoms with Crippen molar-refractivity contribution in [1.29, 1.82) is 0 Å². The number of thioether (sulfide) groups is 1. The lowest BCUT2D eigenvalue weighted by Gasteiger charge is -2.26. The fraction of sp³-hybridized carbons (Fsp3) is 1.00. The molecule has 2 nitrogen and oxygen atoms in total. The molecule has 1 saturated heterocycles. The summed E-state index contributed by atoms with van der Waals surface area (Å²) in [6, 6.07) is 0.560. The van der Waals surface area contributed by atoms with E-state index >= 15 is 0 Å². The minimum absolute atomic E-state index is 0.560. The quantitative estimate of drug-likeness (QED) is 0.376. The Morgan fingerprint density at radius 2 is 1.88 bits per heavy atom. The van der Waals surface area contributed by atoms with Gasteiger partial charge in [0.05, 0.1) is 0 Å². The van der Waals surface area contributed by atoms with Crippen LogP contribution in [0.1, 0.15) is 64.7 Å². The second-order valence-corrected chi connectivity index (χ2v) is 6.58. The van der Waals surface area contributed by atoms with Gasteiger partial charge < -0.3 is 0 Å². The molecule has 0 saturated carbocycles. The number of unbranched alkanes of at least 4 members (excludes halogenated alkanes) is 4. The summed E-state index contributed by atoms with van der Waals surface area (Å²) in [5.74, 6) is 9.32. The molecular formula is C14H30N2S. The SMILES string of the molecule is CCCCCCCC(CC1CCSCC1)NN. The highest BCUT2D eigenvalue weighted by molar-refractivity contribution is 7.99. The van der Waals surface area contributed by atoms with Crippen LogP contribution in [0.25, 0.3) is 0 Å². The van der Waals surface area contributed by atoms with Crippen molar-refractivity contribution in [2.24, 2.45) is 11.8 Å². The van der Waals surface area contributed by atoms with Gasteiger partial charge in [-0.25, -0.2) is 0 Å². The zero-order valence-corrected chi connectivity index (χ0v) is 12.2. The van der Waals surface area contributed by atoms with E-state index in [0.29, 0.717) is 6.04 Å². The summed E-state index contributed by atoms with van der Waals surface area (Å²) in [6.45, 7) is 2.27. The third-order valence-electron chi connectivity index (χ3n) is 3.85. The lowest BCUT2D eigenvalue weighted by atomic mass is 9.92. The zero-order valence-electron chi connectivity index (χ0n) is 11.4. The van der Waals surface area contributed by atoms with Gasteiger partial charge in [-0.3, -0.25) is 11.3 Å². The molecular weight excluding hydrogens is 228 g/mol. The van der Waals surface area contributed by atoms with Crippen LogP contribution in [0.3, 0.4) is 0 Å². The molecule has 3 heteroatoms. The molecule has 1 fully saturated rings. The standard InChI is InChI=1S/C14H30N2S/c1-2-3-4-5-6-7-14(16-15)12-13-8-10-17-11-9-13/h13-14,16H,2-12,15H2,1H3. The Balaban J connectivity index is 2.05. The fourth-order valence-corrected chi connectivity index (χ4v) is 3.85. The molecule has 0 aromatic heterocycles. The highest BCUT2D eigenvalue weighted by atomic mass is 32.2. The fourth-order valence-electron chi connectivity index (χ4n) is 2.65. The van der Waals surface area contributed by atoms with Gasteiger partial charge in [-0.05, 0) is 43.1 Å². The van der Waals surface area contributed by atoms with Crippen LogP contribution in [0.5, 0.6) is 0 Å². The maximum absolute atomic E-state index is 5.68. The van der Waals surface area contributed by atoms with E-state index in [1.807, 2.05) is 0 Å². The molecule has 0 amide bonds. The first-order valence-electron chi connectivity index (χ1n) is 7.40. The molecule has 0 spiro atoms. The Hall–Kier alpha value is 0.270. The van der Waals surface area contributed by atoms with Gasteiger partial charge in [0.1, 0.15) is 0 Å². The van der Waals surface area contributed by atoms with Crippen LogP contribution in [0.2, 0.25) is 0 Å². The maximum Gasteiger partial charge on any atom is 0.0213 e. The molecule has 1 rings (SSSR count). The molecule has 1 atom stereocenters. The molecule has 1 aliphatic heterocycles. The summed E-state index contributed by atoms with van der Waals surface area (Å²) in [4.78, 5) is 0. The minimum Gasteiger partial charge on any atom is -0.271 e. The van der Waals surface area contributed by atoms with Crippen LogP contribution in [-0.4, -0.2) is 17.5 Å². The van der Waals surface area contributed by atoms with Crippen LogP contribution >= 0.6 is 11.8 Å². The van der Waals surface area contributed by atoms with E-state index in [-0.39, 0.29) is 0 Å². The number of nitrogens with two attached hydrogens (primary N) is 1. The van der Waals surface area contributed by atoms with Crippen molar-refractivity contribution < 1.29 is 0 Å². The molecule has 0 aromatic rings. The number of hydrogen-bond acceptors (Lipinski definition) is 3. The predicted octanol–water partition coefficient (Wildman–Crippen LogP) is 3.71. The van der Waals surface area contributed by atoms with E-state index in [2.05, 4.69) is 24.1 Å². The van der Waals surface area contributed by atoms with Crippen molar-refractivity contribution in [3.05, 3.63) is 0 Å². The van der Waals surface area contributed by atoms with Crippen LogP contribution in [-0.2, 0) is 0 Å². The summed E-state index contributed by atoms with van der Waals surface area (Å²) in [6.07, 6.45) is 12.2. The smallest absolute Gasteiger partial charge is 0.0213 e. The Kier molecular flexibility index (Phi) is 9.21. The number of rotatable bonds is 9. The zero-order chi connectivity index (χ0) is 12.3. The monoisotopic (exact) mass is 258 g/mol. The lowest BCUT2D eigenvalue weighted by molar-refractivity contribution is 0.346. The Labute approximate surface area is 111 Å². The van der Waals surface area contributed by atoms with Gasteiger partial charge in [0.2, 0.25) is 0 Å². The van der Waals surface area contributed by atoms with E-state index in [1.165, 1.54) is 69.3 Å².